The molecule has 1 aromatic heterocycles. The van der Waals surface area contributed by atoms with Crippen LogP contribution in [0.4, 0.5) is 5.69 Å². The van der Waals surface area contributed by atoms with Crippen LogP contribution in [0.3, 0.4) is 0 Å². The molecule has 0 bridgehead atoms. The average Bonchev–Trinajstić information content (AvgIpc) is 2.80. The highest BCUT2D eigenvalue weighted by Gasteiger charge is 2.09. The summed E-state index contributed by atoms with van der Waals surface area (Å²) in [6, 6.07) is 8.85. The number of carboxylic acid groups (broad SMARTS) is 1. The van der Waals surface area contributed by atoms with Crippen molar-refractivity contribution in [1.29, 1.82) is 0 Å². The van der Waals surface area contributed by atoms with Crippen LogP contribution < -0.4 is 5.32 Å². The fourth-order valence-electron chi connectivity index (χ4n) is 1.65. The maximum absolute atomic E-state index is 11.0. The van der Waals surface area contributed by atoms with Crippen molar-refractivity contribution in [1.82, 2.24) is 0 Å². The third kappa shape index (κ3) is 2.47. The number of nitrogens with one attached hydrogen (secondary N) is 1. The van der Waals surface area contributed by atoms with E-state index in [1.165, 1.54) is 0 Å². The summed E-state index contributed by atoms with van der Waals surface area (Å²) in [6.45, 7) is 2.32. The number of carboxylic acids is 1. The van der Waals surface area contributed by atoms with Crippen LogP contribution >= 0.6 is 0 Å². The van der Waals surface area contributed by atoms with Crippen molar-refractivity contribution in [2.24, 2.45) is 0 Å². The Morgan fingerprint density at radius 1 is 1.35 bits per heavy atom. The van der Waals surface area contributed by atoms with Crippen LogP contribution in [0.5, 0.6) is 0 Å². The molecule has 1 heterocycles. The smallest absolute Gasteiger partial charge is 0.336 e. The van der Waals surface area contributed by atoms with Gasteiger partial charge in [-0.05, 0) is 36.8 Å². The van der Waals surface area contributed by atoms with E-state index >= 15 is 0 Å². The summed E-state index contributed by atoms with van der Waals surface area (Å²) < 4.78 is 5.19. The maximum Gasteiger partial charge on any atom is 0.336 e. The van der Waals surface area contributed by atoms with Crippen molar-refractivity contribution >= 4 is 11.7 Å². The van der Waals surface area contributed by atoms with Crippen molar-refractivity contribution in [2.75, 3.05) is 5.32 Å². The molecule has 1 aromatic carbocycles. The molecule has 4 heteroatoms. The highest BCUT2D eigenvalue weighted by molar-refractivity contribution is 5.91. The van der Waals surface area contributed by atoms with Gasteiger partial charge in [-0.25, -0.2) is 4.79 Å². The van der Waals surface area contributed by atoms with E-state index in [-0.39, 0.29) is 0 Å². The van der Waals surface area contributed by atoms with Crippen LogP contribution in [0.1, 0.15) is 21.7 Å². The fraction of sp³-hybridized carbons (Fsp3) is 0.154. The number of hydrogen-bond acceptors (Lipinski definition) is 3. The Bertz CT molecular complexity index is 517. The van der Waals surface area contributed by atoms with Crippen molar-refractivity contribution < 1.29 is 14.3 Å². The van der Waals surface area contributed by atoms with E-state index in [0.29, 0.717) is 12.1 Å². The second kappa shape index (κ2) is 4.74. The minimum absolute atomic E-state index is 0.314. The molecule has 0 aliphatic rings. The molecule has 0 atom stereocenters. The number of furan rings is 1. The molecule has 0 radical (unpaired) electrons. The molecule has 2 rings (SSSR count). The zero-order chi connectivity index (χ0) is 12.3. The van der Waals surface area contributed by atoms with Crippen LogP contribution in [0.25, 0.3) is 0 Å². The number of carbonyl (C=O) groups is 1. The molecule has 2 aromatic rings. The summed E-state index contributed by atoms with van der Waals surface area (Å²) in [7, 11) is 0. The molecular formula is C13H13NO3. The molecule has 0 saturated heterocycles. The van der Waals surface area contributed by atoms with Crippen LogP contribution in [-0.2, 0) is 6.54 Å². The second-order valence-electron chi connectivity index (χ2n) is 3.72. The Morgan fingerprint density at radius 2 is 2.18 bits per heavy atom. The summed E-state index contributed by atoms with van der Waals surface area (Å²) in [5.74, 6) is -0.103. The van der Waals surface area contributed by atoms with E-state index in [0.717, 1.165) is 17.0 Å². The lowest BCUT2D eigenvalue weighted by atomic mass is 10.1. The summed E-state index contributed by atoms with van der Waals surface area (Å²) in [5.41, 5.74) is 1.85. The van der Waals surface area contributed by atoms with Gasteiger partial charge in [0.2, 0.25) is 0 Å². The van der Waals surface area contributed by atoms with E-state index in [2.05, 4.69) is 5.32 Å². The molecule has 4 nitrogen and oxygen atoms in total. The maximum atomic E-state index is 11.0. The third-order valence-electron chi connectivity index (χ3n) is 2.60. The lowest BCUT2D eigenvalue weighted by Crippen LogP contribution is -2.05. The first-order valence-corrected chi connectivity index (χ1v) is 5.27. The molecule has 0 aliphatic carbocycles. The standard InChI is InChI=1S/C13H13NO3/c1-9-11(13(15)16)5-2-6-12(9)14-8-10-4-3-7-17-10/h2-7,14H,8H2,1H3,(H,15,16). The summed E-state index contributed by atoms with van der Waals surface area (Å²) in [5, 5.41) is 12.1. The van der Waals surface area contributed by atoms with E-state index in [9.17, 15) is 4.79 Å². The van der Waals surface area contributed by atoms with Gasteiger partial charge in [0, 0.05) is 5.69 Å². The molecule has 0 spiro atoms. The predicted molar refractivity (Wildman–Crippen MR) is 64.2 cm³/mol. The monoisotopic (exact) mass is 231 g/mol. The zero-order valence-corrected chi connectivity index (χ0v) is 9.43. The van der Waals surface area contributed by atoms with Crippen molar-refractivity contribution in [3.8, 4) is 0 Å². The zero-order valence-electron chi connectivity index (χ0n) is 9.43. The number of hydrogen-bond donors (Lipinski definition) is 2. The van der Waals surface area contributed by atoms with Crippen LogP contribution in [0.2, 0.25) is 0 Å². The average molecular weight is 231 g/mol. The van der Waals surface area contributed by atoms with Gasteiger partial charge in [-0.3, -0.25) is 0 Å². The van der Waals surface area contributed by atoms with Gasteiger partial charge in [-0.2, -0.15) is 0 Å². The van der Waals surface area contributed by atoms with Gasteiger partial charge in [-0.15, -0.1) is 0 Å². The third-order valence-corrected chi connectivity index (χ3v) is 2.60. The minimum Gasteiger partial charge on any atom is -0.478 e. The molecule has 0 unspecified atom stereocenters. The Labute approximate surface area is 98.9 Å². The topological polar surface area (TPSA) is 62.5 Å². The lowest BCUT2D eigenvalue weighted by Gasteiger charge is -2.10. The molecule has 0 saturated carbocycles. The molecule has 0 amide bonds. The number of rotatable bonds is 4. The second-order valence-corrected chi connectivity index (χ2v) is 3.72. The first-order chi connectivity index (χ1) is 8.18. The SMILES string of the molecule is Cc1c(NCc2ccco2)cccc1C(=O)O. The van der Waals surface area contributed by atoms with Crippen molar-refractivity contribution in [3.63, 3.8) is 0 Å². The number of benzene rings is 1. The Morgan fingerprint density at radius 3 is 2.82 bits per heavy atom. The van der Waals surface area contributed by atoms with Gasteiger partial charge in [0.15, 0.2) is 0 Å². The van der Waals surface area contributed by atoms with Crippen LogP contribution in [0.15, 0.2) is 41.0 Å². The summed E-state index contributed by atoms with van der Waals surface area (Å²) in [6.07, 6.45) is 1.61. The molecular weight excluding hydrogens is 218 g/mol. The normalized spacial score (nSPS) is 10.2. The molecule has 2 N–H and O–H groups in total. The van der Waals surface area contributed by atoms with Crippen molar-refractivity contribution in [2.45, 2.75) is 13.5 Å². The summed E-state index contributed by atoms with van der Waals surface area (Å²) in [4.78, 5) is 11.0. The van der Waals surface area contributed by atoms with Crippen LogP contribution in [0, 0.1) is 6.92 Å². The molecule has 0 fully saturated rings. The van der Waals surface area contributed by atoms with Gasteiger partial charge >= 0.3 is 5.97 Å². The first kappa shape index (κ1) is 11.3. The van der Waals surface area contributed by atoms with Gasteiger partial charge in [0.25, 0.3) is 0 Å². The quantitative estimate of drug-likeness (QED) is 0.849. The van der Waals surface area contributed by atoms with Crippen LogP contribution in [-0.4, -0.2) is 11.1 Å². The fourth-order valence-corrected chi connectivity index (χ4v) is 1.65. The summed E-state index contributed by atoms with van der Waals surface area (Å²) >= 11 is 0. The largest absolute Gasteiger partial charge is 0.478 e. The predicted octanol–water partition coefficient (Wildman–Crippen LogP) is 2.90. The minimum atomic E-state index is -0.913. The highest BCUT2D eigenvalue weighted by Crippen LogP contribution is 2.19. The van der Waals surface area contributed by atoms with E-state index in [4.69, 9.17) is 9.52 Å². The Kier molecular flexibility index (Phi) is 3.14. The van der Waals surface area contributed by atoms with Gasteiger partial charge < -0.3 is 14.8 Å². The Hall–Kier alpha value is -2.23. The number of anilines is 1. The number of aromatic carboxylic acids is 1. The van der Waals surface area contributed by atoms with E-state index in [1.807, 2.05) is 18.2 Å². The van der Waals surface area contributed by atoms with Gasteiger partial charge in [-0.1, -0.05) is 6.07 Å². The van der Waals surface area contributed by atoms with E-state index in [1.54, 1.807) is 25.3 Å². The Balaban J connectivity index is 2.16. The van der Waals surface area contributed by atoms with Crippen molar-refractivity contribution in [3.05, 3.63) is 53.5 Å². The first-order valence-electron chi connectivity index (χ1n) is 5.27. The lowest BCUT2D eigenvalue weighted by molar-refractivity contribution is 0.0696. The van der Waals surface area contributed by atoms with Gasteiger partial charge in [0.1, 0.15) is 5.76 Å². The molecule has 88 valence electrons. The van der Waals surface area contributed by atoms with Gasteiger partial charge in [0.05, 0.1) is 18.4 Å². The highest BCUT2D eigenvalue weighted by atomic mass is 16.4. The molecule has 17 heavy (non-hydrogen) atoms. The van der Waals surface area contributed by atoms with E-state index < -0.39 is 5.97 Å². The molecule has 0 aliphatic heterocycles.